The molecule has 0 bridgehead atoms. The van der Waals surface area contributed by atoms with Crippen molar-refractivity contribution < 1.29 is 4.79 Å². The number of hydrogen-bond donors (Lipinski definition) is 1. The summed E-state index contributed by atoms with van der Waals surface area (Å²) in [5.74, 6) is 1.35. The fraction of sp³-hybridized carbons (Fsp3) is 0.273. The lowest BCUT2D eigenvalue weighted by atomic mass is 10.1. The molecule has 2 aromatic heterocycles. The molecule has 1 N–H and O–H groups in total. The maximum Gasteiger partial charge on any atom is 0.254 e. The quantitative estimate of drug-likeness (QED) is 0.675. The lowest BCUT2D eigenvalue weighted by Gasteiger charge is -2.21. The van der Waals surface area contributed by atoms with Gasteiger partial charge in [0.05, 0.1) is 0 Å². The molecule has 0 atom stereocenters. The summed E-state index contributed by atoms with van der Waals surface area (Å²) in [5, 5.41) is 3.28. The number of rotatable bonds is 7. The van der Waals surface area contributed by atoms with Crippen LogP contribution in [0.1, 0.15) is 36.7 Å². The summed E-state index contributed by atoms with van der Waals surface area (Å²) in [6.07, 6.45) is 5.21. The van der Waals surface area contributed by atoms with Gasteiger partial charge in [-0.1, -0.05) is 12.1 Å². The molecule has 0 aliphatic heterocycles. The Hall–Kier alpha value is -3.28. The minimum absolute atomic E-state index is 0.0161. The summed E-state index contributed by atoms with van der Waals surface area (Å²) in [5.41, 5.74) is 2.49. The van der Waals surface area contributed by atoms with Crippen LogP contribution in [0.15, 0.2) is 61.1 Å². The van der Waals surface area contributed by atoms with Crippen LogP contribution in [0.4, 0.5) is 5.82 Å². The number of benzene rings is 1. The predicted octanol–water partition coefficient (Wildman–Crippen LogP) is 4.02. The monoisotopic (exact) mass is 375 g/mol. The van der Waals surface area contributed by atoms with Gasteiger partial charge in [-0.05, 0) is 56.7 Å². The number of carbonyl (C=O) groups excluding carboxylic acids is 1. The molecule has 2 heterocycles. The molecule has 28 heavy (non-hydrogen) atoms. The van der Waals surface area contributed by atoms with Gasteiger partial charge in [0.15, 0.2) is 5.82 Å². The average Bonchev–Trinajstić information content (AvgIpc) is 2.72. The van der Waals surface area contributed by atoms with Gasteiger partial charge in [-0.2, -0.15) is 0 Å². The van der Waals surface area contributed by atoms with Crippen LogP contribution >= 0.6 is 0 Å². The first-order chi connectivity index (χ1) is 13.6. The SMILES string of the molecule is CCN(Cc1ccncc1)C(=O)c1cccc(-c2nccc(NC(C)C)n2)c1. The first-order valence-corrected chi connectivity index (χ1v) is 9.45. The van der Waals surface area contributed by atoms with Crippen molar-refractivity contribution in [3.8, 4) is 11.4 Å². The second-order valence-electron chi connectivity index (χ2n) is 6.82. The Labute approximate surface area is 165 Å². The van der Waals surface area contributed by atoms with E-state index in [-0.39, 0.29) is 11.9 Å². The van der Waals surface area contributed by atoms with Crippen molar-refractivity contribution in [2.45, 2.75) is 33.4 Å². The van der Waals surface area contributed by atoms with Crippen molar-refractivity contribution in [3.63, 3.8) is 0 Å². The highest BCUT2D eigenvalue weighted by molar-refractivity contribution is 5.95. The lowest BCUT2D eigenvalue weighted by molar-refractivity contribution is 0.0752. The molecular formula is C22H25N5O. The normalized spacial score (nSPS) is 10.7. The topological polar surface area (TPSA) is 71.0 Å². The van der Waals surface area contributed by atoms with Crippen molar-refractivity contribution in [3.05, 3.63) is 72.2 Å². The number of pyridine rings is 1. The number of nitrogens with one attached hydrogen (secondary N) is 1. The molecule has 0 aliphatic carbocycles. The molecule has 3 rings (SSSR count). The maximum atomic E-state index is 13.0. The minimum atomic E-state index is -0.0161. The van der Waals surface area contributed by atoms with Crippen LogP contribution in [-0.2, 0) is 6.54 Å². The summed E-state index contributed by atoms with van der Waals surface area (Å²) >= 11 is 0. The van der Waals surface area contributed by atoms with E-state index in [1.54, 1.807) is 18.6 Å². The van der Waals surface area contributed by atoms with E-state index in [4.69, 9.17) is 0 Å². The third-order valence-corrected chi connectivity index (χ3v) is 4.25. The lowest BCUT2D eigenvalue weighted by Crippen LogP contribution is -2.30. The van der Waals surface area contributed by atoms with Gasteiger partial charge >= 0.3 is 0 Å². The van der Waals surface area contributed by atoms with Crippen molar-refractivity contribution >= 4 is 11.7 Å². The Balaban J connectivity index is 1.83. The Morgan fingerprint density at radius 1 is 1.11 bits per heavy atom. The summed E-state index contributed by atoms with van der Waals surface area (Å²) in [6, 6.07) is 13.4. The van der Waals surface area contributed by atoms with Crippen LogP contribution in [0.5, 0.6) is 0 Å². The van der Waals surface area contributed by atoms with E-state index in [9.17, 15) is 4.79 Å². The van der Waals surface area contributed by atoms with Gasteiger partial charge < -0.3 is 10.2 Å². The Morgan fingerprint density at radius 3 is 2.61 bits per heavy atom. The van der Waals surface area contributed by atoms with E-state index in [1.165, 1.54) is 0 Å². The van der Waals surface area contributed by atoms with Gasteiger partial charge in [-0.15, -0.1) is 0 Å². The third-order valence-electron chi connectivity index (χ3n) is 4.25. The standard InChI is InChI=1S/C22H25N5O/c1-4-27(15-17-8-11-23-12-9-17)22(28)19-7-5-6-18(14-19)21-24-13-10-20(26-21)25-16(2)3/h5-14,16H,4,15H2,1-3H3,(H,24,25,26). The molecule has 0 saturated carbocycles. The van der Waals surface area contributed by atoms with Crippen LogP contribution < -0.4 is 5.32 Å². The van der Waals surface area contributed by atoms with Gasteiger partial charge in [0, 0.05) is 48.8 Å². The van der Waals surface area contributed by atoms with Crippen molar-refractivity contribution in [1.29, 1.82) is 0 Å². The van der Waals surface area contributed by atoms with Gasteiger partial charge in [0.25, 0.3) is 5.91 Å². The zero-order chi connectivity index (χ0) is 19.9. The zero-order valence-electron chi connectivity index (χ0n) is 16.5. The zero-order valence-corrected chi connectivity index (χ0v) is 16.5. The molecule has 0 saturated heterocycles. The molecule has 1 amide bonds. The number of aromatic nitrogens is 3. The van der Waals surface area contributed by atoms with E-state index in [0.29, 0.717) is 24.5 Å². The number of nitrogens with zero attached hydrogens (tertiary/aromatic N) is 4. The highest BCUT2D eigenvalue weighted by atomic mass is 16.2. The Kier molecular flexibility index (Phi) is 6.32. The van der Waals surface area contributed by atoms with Gasteiger partial charge in [0.1, 0.15) is 5.82 Å². The minimum Gasteiger partial charge on any atom is -0.368 e. The molecule has 1 aromatic carbocycles. The molecular weight excluding hydrogens is 350 g/mol. The fourth-order valence-corrected chi connectivity index (χ4v) is 2.88. The smallest absolute Gasteiger partial charge is 0.254 e. The van der Waals surface area contributed by atoms with E-state index >= 15 is 0 Å². The van der Waals surface area contributed by atoms with E-state index < -0.39 is 0 Å². The molecule has 0 spiro atoms. The summed E-state index contributed by atoms with van der Waals surface area (Å²) in [7, 11) is 0. The Morgan fingerprint density at radius 2 is 1.89 bits per heavy atom. The van der Waals surface area contributed by atoms with Crippen molar-refractivity contribution in [1.82, 2.24) is 19.9 Å². The number of amides is 1. The van der Waals surface area contributed by atoms with Crippen LogP contribution in [0.2, 0.25) is 0 Å². The third kappa shape index (κ3) is 4.91. The average molecular weight is 375 g/mol. The molecule has 0 fully saturated rings. The maximum absolute atomic E-state index is 13.0. The fourth-order valence-electron chi connectivity index (χ4n) is 2.88. The molecule has 3 aromatic rings. The number of anilines is 1. The van der Waals surface area contributed by atoms with Gasteiger partial charge in [-0.3, -0.25) is 9.78 Å². The second-order valence-corrected chi connectivity index (χ2v) is 6.82. The van der Waals surface area contributed by atoms with Crippen LogP contribution in [0, 0.1) is 0 Å². The highest BCUT2D eigenvalue weighted by Crippen LogP contribution is 2.19. The van der Waals surface area contributed by atoms with E-state index in [2.05, 4.69) is 34.1 Å². The first kappa shape index (κ1) is 19.5. The first-order valence-electron chi connectivity index (χ1n) is 9.45. The molecule has 0 unspecified atom stereocenters. The van der Waals surface area contributed by atoms with Crippen LogP contribution in [-0.4, -0.2) is 38.3 Å². The molecule has 0 radical (unpaired) electrons. The molecule has 0 aliphatic rings. The molecule has 144 valence electrons. The van der Waals surface area contributed by atoms with E-state index in [0.717, 1.165) is 16.9 Å². The summed E-state index contributed by atoms with van der Waals surface area (Å²) < 4.78 is 0. The van der Waals surface area contributed by atoms with Crippen LogP contribution in [0.25, 0.3) is 11.4 Å². The van der Waals surface area contributed by atoms with Crippen molar-refractivity contribution in [2.24, 2.45) is 0 Å². The number of hydrogen-bond acceptors (Lipinski definition) is 5. The van der Waals surface area contributed by atoms with Crippen molar-refractivity contribution in [2.75, 3.05) is 11.9 Å². The molecule has 6 nitrogen and oxygen atoms in total. The summed E-state index contributed by atoms with van der Waals surface area (Å²) in [6.45, 7) is 7.27. The van der Waals surface area contributed by atoms with Crippen LogP contribution in [0.3, 0.4) is 0 Å². The highest BCUT2D eigenvalue weighted by Gasteiger charge is 2.16. The second kappa shape index (κ2) is 9.08. The summed E-state index contributed by atoms with van der Waals surface area (Å²) in [4.78, 5) is 27.8. The van der Waals surface area contributed by atoms with E-state index in [1.807, 2.05) is 54.3 Å². The van der Waals surface area contributed by atoms with Gasteiger partial charge in [-0.25, -0.2) is 9.97 Å². The molecule has 6 heteroatoms. The number of carbonyl (C=O) groups is 1. The Bertz CT molecular complexity index is 927. The van der Waals surface area contributed by atoms with Gasteiger partial charge in [0.2, 0.25) is 0 Å². The predicted molar refractivity (Wildman–Crippen MR) is 111 cm³/mol. The largest absolute Gasteiger partial charge is 0.368 e.